The maximum atomic E-state index is 5.38. The van der Waals surface area contributed by atoms with E-state index >= 15 is 0 Å². The van der Waals surface area contributed by atoms with Gasteiger partial charge >= 0.3 is 0 Å². The van der Waals surface area contributed by atoms with Crippen LogP contribution in [-0.4, -0.2) is 56.1 Å². The molecule has 1 saturated heterocycles. The fraction of sp³-hybridized carbons (Fsp3) is 0.524. The molecule has 6 nitrogen and oxygen atoms in total. The average Bonchev–Trinajstić information content (AvgIpc) is 3.24. The van der Waals surface area contributed by atoms with E-state index in [1.165, 1.54) is 24.9 Å². The molecule has 0 aromatic carbocycles. The van der Waals surface area contributed by atoms with Gasteiger partial charge in [0.05, 0.1) is 6.26 Å². The van der Waals surface area contributed by atoms with Gasteiger partial charge in [0.1, 0.15) is 5.76 Å². The van der Waals surface area contributed by atoms with Gasteiger partial charge in [-0.25, -0.2) is 0 Å². The van der Waals surface area contributed by atoms with Gasteiger partial charge in [-0.2, -0.15) is 0 Å². The number of piperidine rings is 1. The highest BCUT2D eigenvalue weighted by molar-refractivity contribution is 5.79. The van der Waals surface area contributed by atoms with Crippen LogP contribution in [0, 0.1) is 5.92 Å². The molecule has 1 N–H and O–H groups in total. The number of nitrogens with one attached hydrogen (secondary N) is 1. The second kappa shape index (κ2) is 10.00. The summed E-state index contributed by atoms with van der Waals surface area (Å²) in [6.07, 6.45) is 10.0. The molecule has 146 valence electrons. The van der Waals surface area contributed by atoms with E-state index in [1.807, 2.05) is 31.6 Å². The fourth-order valence-electron chi connectivity index (χ4n) is 3.65. The second-order valence-electron chi connectivity index (χ2n) is 7.15. The van der Waals surface area contributed by atoms with Crippen molar-refractivity contribution >= 4 is 11.6 Å². The summed E-state index contributed by atoms with van der Waals surface area (Å²) < 4.78 is 5.38. The number of furan rings is 1. The summed E-state index contributed by atoms with van der Waals surface area (Å²) in [5.74, 6) is 2.74. The summed E-state index contributed by atoms with van der Waals surface area (Å²) in [5.41, 5.74) is 1.29. The quantitative estimate of drug-likeness (QED) is 0.600. The Morgan fingerprint density at radius 1 is 1.30 bits per heavy atom. The summed E-state index contributed by atoms with van der Waals surface area (Å²) in [5, 5.41) is 3.43. The van der Waals surface area contributed by atoms with Crippen LogP contribution >= 0.6 is 0 Å². The van der Waals surface area contributed by atoms with E-state index in [0.29, 0.717) is 0 Å². The van der Waals surface area contributed by atoms with Crippen LogP contribution in [0.15, 0.2) is 52.3 Å². The zero-order chi connectivity index (χ0) is 18.9. The van der Waals surface area contributed by atoms with Crippen molar-refractivity contribution in [3.05, 3.63) is 48.7 Å². The maximum Gasteiger partial charge on any atom is 0.193 e. The lowest BCUT2D eigenvalue weighted by Crippen LogP contribution is -2.41. The Balaban J connectivity index is 1.36. The molecule has 0 aliphatic carbocycles. The van der Waals surface area contributed by atoms with E-state index in [4.69, 9.17) is 4.42 Å². The summed E-state index contributed by atoms with van der Waals surface area (Å²) >= 11 is 0. The number of aromatic nitrogens is 1. The van der Waals surface area contributed by atoms with Gasteiger partial charge in [-0.1, -0.05) is 0 Å². The second-order valence-corrected chi connectivity index (χ2v) is 7.15. The SMILES string of the molecule is CN=C(NCCc1ccco1)N(C)CCC1CCN(c2ccncc2)CC1. The molecular weight excluding hydrogens is 338 g/mol. The minimum atomic E-state index is 0.784. The first kappa shape index (κ1) is 19.3. The van der Waals surface area contributed by atoms with Crippen LogP contribution in [0.3, 0.4) is 0 Å². The molecule has 1 aliphatic heterocycles. The van der Waals surface area contributed by atoms with Gasteiger partial charge in [-0.3, -0.25) is 9.98 Å². The van der Waals surface area contributed by atoms with Crippen LogP contribution in [0.2, 0.25) is 0 Å². The van der Waals surface area contributed by atoms with Crippen molar-refractivity contribution in [3.63, 3.8) is 0 Å². The standard InChI is InChI=1S/C21H31N5O/c1-22-21(24-13-7-20-4-3-17-27-20)25(2)14-8-18-9-15-26(16-10-18)19-5-11-23-12-6-19/h3-6,11-12,17-18H,7-10,13-16H2,1-2H3,(H,22,24). The number of guanidine groups is 1. The zero-order valence-electron chi connectivity index (χ0n) is 16.5. The first-order chi connectivity index (χ1) is 13.3. The van der Waals surface area contributed by atoms with E-state index in [-0.39, 0.29) is 0 Å². The summed E-state index contributed by atoms with van der Waals surface area (Å²) in [4.78, 5) is 13.2. The van der Waals surface area contributed by atoms with Crippen molar-refractivity contribution in [3.8, 4) is 0 Å². The normalized spacial score (nSPS) is 15.8. The van der Waals surface area contributed by atoms with E-state index < -0.39 is 0 Å². The summed E-state index contributed by atoms with van der Waals surface area (Å²) in [7, 11) is 3.97. The number of rotatable bonds is 7. The number of nitrogens with zero attached hydrogens (tertiary/aromatic N) is 4. The van der Waals surface area contributed by atoms with Gasteiger partial charge < -0.3 is 19.5 Å². The molecule has 0 unspecified atom stereocenters. The molecule has 0 radical (unpaired) electrons. The molecule has 0 spiro atoms. The van der Waals surface area contributed by atoms with Crippen molar-refractivity contribution in [1.29, 1.82) is 0 Å². The van der Waals surface area contributed by atoms with Gasteiger partial charge in [0, 0.05) is 64.8 Å². The van der Waals surface area contributed by atoms with Crippen LogP contribution in [0.4, 0.5) is 5.69 Å². The molecule has 27 heavy (non-hydrogen) atoms. The number of hydrogen-bond donors (Lipinski definition) is 1. The highest BCUT2D eigenvalue weighted by atomic mass is 16.3. The van der Waals surface area contributed by atoms with Crippen LogP contribution in [0.5, 0.6) is 0 Å². The monoisotopic (exact) mass is 369 g/mol. The molecule has 3 rings (SSSR count). The predicted octanol–water partition coefficient (Wildman–Crippen LogP) is 3.03. The molecule has 0 atom stereocenters. The third kappa shape index (κ3) is 5.74. The first-order valence-electron chi connectivity index (χ1n) is 9.85. The van der Waals surface area contributed by atoms with Gasteiger partial charge in [-0.05, 0) is 49.4 Å². The Kier molecular flexibility index (Phi) is 7.13. The number of hydrogen-bond acceptors (Lipinski definition) is 4. The highest BCUT2D eigenvalue weighted by Gasteiger charge is 2.20. The fourth-order valence-corrected chi connectivity index (χ4v) is 3.65. The lowest BCUT2D eigenvalue weighted by Gasteiger charge is -2.34. The predicted molar refractivity (Wildman–Crippen MR) is 110 cm³/mol. The van der Waals surface area contributed by atoms with Crippen LogP contribution in [0.1, 0.15) is 25.0 Å². The van der Waals surface area contributed by atoms with Gasteiger partial charge in [0.15, 0.2) is 5.96 Å². The first-order valence-corrected chi connectivity index (χ1v) is 9.85. The van der Waals surface area contributed by atoms with Crippen molar-refractivity contribution in [1.82, 2.24) is 15.2 Å². The third-order valence-electron chi connectivity index (χ3n) is 5.32. The molecule has 3 heterocycles. The molecule has 1 aliphatic rings. The Labute approximate surface area is 162 Å². The molecule has 0 amide bonds. The summed E-state index contributed by atoms with van der Waals surface area (Å²) in [6, 6.07) is 8.14. The Morgan fingerprint density at radius 2 is 2.07 bits per heavy atom. The molecule has 0 saturated carbocycles. The average molecular weight is 370 g/mol. The van der Waals surface area contributed by atoms with E-state index in [2.05, 4.69) is 44.3 Å². The third-order valence-corrected chi connectivity index (χ3v) is 5.32. The topological polar surface area (TPSA) is 56.9 Å². The Morgan fingerprint density at radius 3 is 2.74 bits per heavy atom. The number of aliphatic imine (C=N–C) groups is 1. The molecule has 2 aromatic heterocycles. The smallest absolute Gasteiger partial charge is 0.193 e. The Hall–Kier alpha value is -2.50. The van der Waals surface area contributed by atoms with Gasteiger partial charge in [-0.15, -0.1) is 0 Å². The molecule has 1 fully saturated rings. The van der Waals surface area contributed by atoms with Crippen LogP contribution in [0.25, 0.3) is 0 Å². The van der Waals surface area contributed by atoms with Crippen molar-refractivity contribution in [2.75, 3.05) is 45.2 Å². The van der Waals surface area contributed by atoms with Crippen LogP contribution < -0.4 is 10.2 Å². The maximum absolute atomic E-state index is 5.38. The molecular formula is C21H31N5O. The Bertz CT molecular complexity index is 678. The molecule has 6 heteroatoms. The van der Waals surface area contributed by atoms with Crippen LogP contribution in [-0.2, 0) is 6.42 Å². The van der Waals surface area contributed by atoms with E-state index in [9.17, 15) is 0 Å². The van der Waals surface area contributed by atoms with Crippen molar-refractivity contribution in [2.24, 2.45) is 10.9 Å². The van der Waals surface area contributed by atoms with Crippen molar-refractivity contribution in [2.45, 2.75) is 25.7 Å². The minimum absolute atomic E-state index is 0.784. The lowest BCUT2D eigenvalue weighted by molar-refractivity contribution is 0.339. The highest BCUT2D eigenvalue weighted by Crippen LogP contribution is 2.24. The largest absolute Gasteiger partial charge is 0.469 e. The molecule has 2 aromatic rings. The zero-order valence-corrected chi connectivity index (χ0v) is 16.5. The number of anilines is 1. The van der Waals surface area contributed by atoms with Gasteiger partial charge in [0.2, 0.25) is 0 Å². The van der Waals surface area contributed by atoms with E-state index in [0.717, 1.165) is 50.2 Å². The van der Waals surface area contributed by atoms with Crippen molar-refractivity contribution < 1.29 is 4.42 Å². The molecule has 0 bridgehead atoms. The minimum Gasteiger partial charge on any atom is -0.469 e. The van der Waals surface area contributed by atoms with E-state index in [1.54, 1.807) is 6.26 Å². The number of pyridine rings is 1. The lowest BCUT2D eigenvalue weighted by atomic mass is 9.93. The summed E-state index contributed by atoms with van der Waals surface area (Å²) in [6.45, 7) is 4.12. The van der Waals surface area contributed by atoms with Gasteiger partial charge in [0.25, 0.3) is 0 Å².